The van der Waals surface area contributed by atoms with Gasteiger partial charge < -0.3 is 31.1 Å². The number of carboxylic acids is 1. The number of carbonyl (C=O) groups excluding carboxylic acids is 1. The highest BCUT2D eigenvalue weighted by atomic mass is 16.6. The summed E-state index contributed by atoms with van der Waals surface area (Å²) in [4.78, 5) is 22.5. The Kier molecular flexibility index (Phi) is 5.94. The summed E-state index contributed by atoms with van der Waals surface area (Å²) in [6, 6.07) is 3.80. The molecule has 6 N–H and O–H groups in total. The maximum Gasteiger partial charge on any atom is 0.407 e. The molecule has 2 unspecified atom stereocenters. The average Bonchev–Trinajstić information content (AvgIpc) is 2.41. The highest BCUT2D eigenvalue weighted by molar-refractivity contribution is 5.89. The van der Waals surface area contributed by atoms with Crippen LogP contribution in [0.25, 0.3) is 0 Å². The van der Waals surface area contributed by atoms with Crippen molar-refractivity contribution in [3.8, 4) is 0 Å². The molecule has 2 atom stereocenters. The molecule has 128 valence electrons. The van der Waals surface area contributed by atoms with Crippen molar-refractivity contribution in [1.82, 2.24) is 5.32 Å². The van der Waals surface area contributed by atoms with Crippen molar-refractivity contribution in [2.24, 2.45) is 0 Å². The molecule has 1 aromatic rings. The molecule has 0 fully saturated rings. The lowest BCUT2D eigenvalue weighted by Crippen LogP contribution is -2.38. The molecule has 0 aliphatic carbocycles. The predicted molar refractivity (Wildman–Crippen MR) is 83.0 cm³/mol. The summed E-state index contributed by atoms with van der Waals surface area (Å²) in [6.45, 7) is 4.81. The third-order valence-electron chi connectivity index (χ3n) is 2.79. The first-order valence-electron chi connectivity index (χ1n) is 6.96. The van der Waals surface area contributed by atoms with Crippen LogP contribution in [-0.4, -0.2) is 45.6 Å². The summed E-state index contributed by atoms with van der Waals surface area (Å²) < 4.78 is 5.00. The highest BCUT2D eigenvalue weighted by Crippen LogP contribution is 2.21. The first-order valence-corrected chi connectivity index (χ1v) is 6.96. The number of aromatic carboxylic acids is 1. The second kappa shape index (κ2) is 7.30. The molecule has 1 rings (SSSR count). The number of nitrogen functional groups attached to an aromatic ring is 1. The van der Waals surface area contributed by atoms with Crippen LogP contribution >= 0.6 is 0 Å². The lowest BCUT2D eigenvalue weighted by molar-refractivity contribution is 0.0129. The fourth-order valence-corrected chi connectivity index (χ4v) is 1.81. The molecule has 0 aliphatic heterocycles. The zero-order valence-corrected chi connectivity index (χ0v) is 13.2. The number of carboxylic acid groups (broad SMARTS) is 1. The molecule has 0 saturated heterocycles. The zero-order chi connectivity index (χ0) is 17.8. The third-order valence-corrected chi connectivity index (χ3v) is 2.79. The molecule has 8 nitrogen and oxygen atoms in total. The monoisotopic (exact) mass is 326 g/mol. The minimum absolute atomic E-state index is 0.105. The van der Waals surface area contributed by atoms with Crippen LogP contribution in [0.2, 0.25) is 0 Å². The number of rotatable bonds is 5. The molecule has 0 aromatic heterocycles. The van der Waals surface area contributed by atoms with E-state index in [4.69, 9.17) is 15.6 Å². The molecule has 0 bridgehead atoms. The van der Waals surface area contributed by atoms with Gasteiger partial charge >= 0.3 is 12.1 Å². The van der Waals surface area contributed by atoms with E-state index in [0.29, 0.717) is 0 Å². The first kappa shape index (κ1) is 18.7. The van der Waals surface area contributed by atoms with Gasteiger partial charge in [-0.25, -0.2) is 9.59 Å². The van der Waals surface area contributed by atoms with E-state index < -0.39 is 29.9 Å². The molecular formula is C15H22N2O6. The number of benzene rings is 1. The number of nitrogens with two attached hydrogens (primary N) is 1. The van der Waals surface area contributed by atoms with E-state index in [-0.39, 0.29) is 23.4 Å². The Bertz CT molecular complexity index is 582. The topological polar surface area (TPSA) is 142 Å². The Morgan fingerprint density at radius 3 is 2.39 bits per heavy atom. The van der Waals surface area contributed by atoms with E-state index in [1.807, 2.05) is 0 Å². The normalized spacial score (nSPS) is 14.0. The average molecular weight is 326 g/mol. The number of aliphatic hydroxyl groups is 2. The summed E-state index contributed by atoms with van der Waals surface area (Å²) in [6.07, 6.45) is -3.50. The number of alkyl carbamates (subject to hydrolysis) is 1. The van der Waals surface area contributed by atoms with Crippen LogP contribution in [0.1, 0.15) is 42.8 Å². The Morgan fingerprint density at radius 1 is 1.26 bits per heavy atom. The Hall–Kier alpha value is -2.32. The Morgan fingerprint density at radius 2 is 1.87 bits per heavy atom. The van der Waals surface area contributed by atoms with Gasteiger partial charge in [-0.1, -0.05) is 0 Å². The van der Waals surface area contributed by atoms with Gasteiger partial charge in [0.1, 0.15) is 17.8 Å². The smallest absolute Gasteiger partial charge is 0.407 e. The summed E-state index contributed by atoms with van der Waals surface area (Å²) >= 11 is 0. The van der Waals surface area contributed by atoms with Crippen LogP contribution in [0.5, 0.6) is 0 Å². The minimum Gasteiger partial charge on any atom is -0.478 e. The van der Waals surface area contributed by atoms with Crippen molar-refractivity contribution in [3.63, 3.8) is 0 Å². The van der Waals surface area contributed by atoms with Crippen molar-refractivity contribution in [1.29, 1.82) is 0 Å². The maximum atomic E-state index is 11.5. The van der Waals surface area contributed by atoms with Crippen molar-refractivity contribution in [2.45, 2.75) is 38.6 Å². The molecular weight excluding hydrogens is 304 g/mol. The molecule has 1 amide bonds. The van der Waals surface area contributed by atoms with Crippen molar-refractivity contribution < 1.29 is 29.6 Å². The number of carbonyl (C=O) groups is 2. The molecule has 0 radical (unpaired) electrons. The van der Waals surface area contributed by atoms with Gasteiger partial charge in [0.25, 0.3) is 0 Å². The number of hydrogen-bond donors (Lipinski definition) is 5. The first-order chi connectivity index (χ1) is 10.5. The minimum atomic E-state index is -1.41. The van der Waals surface area contributed by atoms with E-state index >= 15 is 0 Å². The summed E-state index contributed by atoms with van der Waals surface area (Å²) in [7, 11) is 0. The second-order valence-electron chi connectivity index (χ2n) is 6.09. The number of anilines is 1. The third kappa shape index (κ3) is 6.13. The van der Waals surface area contributed by atoms with E-state index in [2.05, 4.69) is 5.32 Å². The maximum absolute atomic E-state index is 11.5. The summed E-state index contributed by atoms with van der Waals surface area (Å²) in [5, 5.41) is 31.3. The van der Waals surface area contributed by atoms with Crippen LogP contribution in [0.15, 0.2) is 18.2 Å². The van der Waals surface area contributed by atoms with Crippen molar-refractivity contribution >= 4 is 17.7 Å². The number of ether oxygens (including phenoxy) is 1. The van der Waals surface area contributed by atoms with Crippen LogP contribution < -0.4 is 11.1 Å². The fraction of sp³-hybridized carbons (Fsp3) is 0.467. The van der Waals surface area contributed by atoms with E-state index in [0.717, 1.165) is 0 Å². The lowest BCUT2D eigenvalue weighted by atomic mass is 10.0. The van der Waals surface area contributed by atoms with Gasteiger partial charge in [0.15, 0.2) is 0 Å². The Labute approximate surface area is 133 Å². The molecule has 0 saturated carbocycles. The van der Waals surface area contributed by atoms with Gasteiger partial charge in [0.2, 0.25) is 0 Å². The predicted octanol–water partition coefficient (Wildman–Crippen LogP) is 0.886. The van der Waals surface area contributed by atoms with Crippen LogP contribution in [0.3, 0.4) is 0 Å². The van der Waals surface area contributed by atoms with Crippen molar-refractivity contribution in [2.75, 3.05) is 12.3 Å². The quantitative estimate of drug-likeness (QED) is 0.506. The number of aliphatic hydroxyl groups excluding tert-OH is 2. The summed E-state index contributed by atoms with van der Waals surface area (Å²) in [5.74, 6) is -1.20. The van der Waals surface area contributed by atoms with Crippen LogP contribution in [-0.2, 0) is 4.74 Å². The number of hydrogen-bond acceptors (Lipinski definition) is 6. The highest BCUT2D eigenvalue weighted by Gasteiger charge is 2.22. The molecule has 23 heavy (non-hydrogen) atoms. The molecule has 0 aliphatic rings. The van der Waals surface area contributed by atoms with Crippen molar-refractivity contribution in [3.05, 3.63) is 29.3 Å². The molecule has 8 heteroatoms. The van der Waals surface area contributed by atoms with Crippen LogP contribution in [0.4, 0.5) is 10.5 Å². The number of amides is 1. The van der Waals surface area contributed by atoms with Gasteiger partial charge in [-0.05, 0) is 44.5 Å². The van der Waals surface area contributed by atoms with Crippen LogP contribution in [0, 0.1) is 0 Å². The van der Waals surface area contributed by atoms with E-state index in [1.54, 1.807) is 20.8 Å². The molecule has 0 heterocycles. The van der Waals surface area contributed by atoms with Gasteiger partial charge in [0, 0.05) is 12.2 Å². The number of nitrogens with one attached hydrogen (secondary N) is 1. The molecule has 0 spiro atoms. The van der Waals surface area contributed by atoms with Gasteiger partial charge in [0.05, 0.1) is 5.56 Å². The lowest BCUT2D eigenvalue weighted by Gasteiger charge is -2.22. The second-order valence-corrected chi connectivity index (χ2v) is 6.09. The zero-order valence-electron chi connectivity index (χ0n) is 13.2. The van der Waals surface area contributed by atoms with Gasteiger partial charge in [-0.2, -0.15) is 0 Å². The Balaban J connectivity index is 2.72. The van der Waals surface area contributed by atoms with E-state index in [1.165, 1.54) is 18.2 Å². The largest absolute Gasteiger partial charge is 0.478 e. The fourth-order valence-electron chi connectivity index (χ4n) is 1.81. The van der Waals surface area contributed by atoms with Gasteiger partial charge in [-0.15, -0.1) is 0 Å². The van der Waals surface area contributed by atoms with E-state index in [9.17, 15) is 19.8 Å². The molecule has 1 aromatic carbocycles. The SMILES string of the molecule is CC(C)(C)OC(=O)NCC(O)C(O)c1cc(N)cc(C(=O)O)c1. The summed E-state index contributed by atoms with van der Waals surface area (Å²) in [5.41, 5.74) is 5.08. The van der Waals surface area contributed by atoms with Gasteiger partial charge in [-0.3, -0.25) is 0 Å². The standard InChI is InChI=1S/C15H22N2O6/c1-15(2,3)23-14(22)17-7-11(18)12(19)8-4-9(13(20)21)6-10(16)5-8/h4-6,11-12,18-19H,7,16H2,1-3H3,(H,17,22)(H,20,21).